The summed E-state index contributed by atoms with van der Waals surface area (Å²) >= 11 is 0. The second-order valence-corrected chi connectivity index (χ2v) is 10.7. The van der Waals surface area contributed by atoms with E-state index in [2.05, 4.69) is 26.1 Å². The molecule has 1 aromatic heterocycles. The molecule has 3 N–H and O–H groups in total. The number of piperidine rings is 1. The molecule has 7 atom stereocenters. The van der Waals surface area contributed by atoms with E-state index in [1.165, 1.54) is 4.90 Å². The highest BCUT2D eigenvalue weighted by Crippen LogP contribution is 2.52. The third-order valence-electron chi connectivity index (χ3n) is 8.39. The van der Waals surface area contributed by atoms with Crippen LogP contribution < -0.4 is 16.2 Å². The fourth-order valence-corrected chi connectivity index (χ4v) is 6.89. The highest BCUT2D eigenvalue weighted by molar-refractivity contribution is 5.43. The summed E-state index contributed by atoms with van der Waals surface area (Å²) in [5.74, 6) is -0.344. The zero-order valence-corrected chi connectivity index (χ0v) is 19.9. The van der Waals surface area contributed by atoms with Gasteiger partial charge in [-0.15, -0.1) is 0 Å². The van der Waals surface area contributed by atoms with Crippen molar-refractivity contribution in [2.45, 2.75) is 69.2 Å². The molecular formula is C24H35F5N6. The maximum absolute atomic E-state index is 14.8. The second-order valence-electron chi connectivity index (χ2n) is 10.7. The van der Waals surface area contributed by atoms with Crippen molar-refractivity contribution in [1.82, 2.24) is 25.6 Å². The number of halogens is 5. The molecule has 1 aliphatic carbocycles. The minimum Gasteiger partial charge on any atom is -0.378 e. The molecule has 6 nitrogen and oxygen atoms in total. The number of rotatable bonds is 7. The highest BCUT2D eigenvalue weighted by atomic mass is 19.4. The molecule has 3 saturated heterocycles. The molecule has 1 saturated carbocycles. The normalized spacial score (nSPS) is 36.5. The van der Waals surface area contributed by atoms with Crippen molar-refractivity contribution in [1.29, 1.82) is 0 Å². The molecule has 4 aliphatic rings. The van der Waals surface area contributed by atoms with Crippen LogP contribution in [-0.4, -0.2) is 78.2 Å². The van der Waals surface area contributed by atoms with Gasteiger partial charge in [-0.2, -0.15) is 13.2 Å². The van der Waals surface area contributed by atoms with Gasteiger partial charge in [0, 0.05) is 37.6 Å². The number of nitrogens with one attached hydrogen (secondary N) is 3. The highest BCUT2D eigenvalue weighted by Gasteiger charge is 2.55. The van der Waals surface area contributed by atoms with E-state index in [4.69, 9.17) is 0 Å². The zero-order valence-electron chi connectivity index (χ0n) is 19.9. The van der Waals surface area contributed by atoms with E-state index in [1.807, 2.05) is 19.1 Å². The summed E-state index contributed by atoms with van der Waals surface area (Å²) in [6.07, 6.45) is -1.28. The lowest BCUT2D eigenvalue weighted by Crippen LogP contribution is -2.56. The van der Waals surface area contributed by atoms with Gasteiger partial charge in [0.1, 0.15) is 0 Å². The lowest BCUT2D eigenvalue weighted by atomic mass is 9.62. The molecule has 0 bridgehead atoms. The summed E-state index contributed by atoms with van der Waals surface area (Å²) in [5, 5.41) is 3.41. The van der Waals surface area contributed by atoms with Crippen LogP contribution in [0.1, 0.15) is 44.3 Å². The Labute approximate surface area is 203 Å². The topological polar surface area (TPSA) is 55.5 Å². The first-order valence-electron chi connectivity index (χ1n) is 12.7. The molecule has 0 radical (unpaired) electrons. The third-order valence-corrected chi connectivity index (χ3v) is 8.39. The number of pyridine rings is 1. The van der Waals surface area contributed by atoms with E-state index in [9.17, 15) is 22.0 Å². The lowest BCUT2D eigenvalue weighted by Gasteiger charge is -2.53. The van der Waals surface area contributed by atoms with Crippen molar-refractivity contribution in [2.24, 2.45) is 17.8 Å². The number of anilines is 1. The number of alkyl halides is 5. The monoisotopic (exact) mass is 502 g/mol. The van der Waals surface area contributed by atoms with Gasteiger partial charge in [0.05, 0.1) is 42.9 Å². The fourth-order valence-electron chi connectivity index (χ4n) is 6.89. The number of fused-ring (bicyclic) bond motifs is 3. The van der Waals surface area contributed by atoms with Gasteiger partial charge in [0.15, 0.2) is 6.30 Å². The van der Waals surface area contributed by atoms with E-state index in [-0.39, 0.29) is 42.6 Å². The summed E-state index contributed by atoms with van der Waals surface area (Å²) in [6.45, 7) is 2.93. The quantitative estimate of drug-likeness (QED) is 0.391. The minimum absolute atomic E-state index is 0.0133. The van der Waals surface area contributed by atoms with Crippen molar-refractivity contribution < 1.29 is 22.0 Å². The van der Waals surface area contributed by atoms with Crippen molar-refractivity contribution in [2.75, 3.05) is 38.2 Å². The number of aromatic nitrogens is 1. The van der Waals surface area contributed by atoms with Crippen LogP contribution in [0.25, 0.3) is 0 Å². The van der Waals surface area contributed by atoms with Crippen molar-refractivity contribution >= 4 is 5.69 Å². The van der Waals surface area contributed by atoms with Gasteiger partial charge in [0.2, 0.25) is 0 Å². The average Bonchev–Trinajstić information content (AvgIpc) is 3.17. The maximum atomic E-state index is 14.8. The molecule has 4 fully saturated rings. The van der Waals surface area contributed by atoms with Gasteiger partial charge in [-0.1, -0.05) is 0 Å². The Morgan fingerprint density at radius 1 is 1.14 bits per heavy atom. The zero-order chi connectivity index (χ0) is 24.7. The molecule has 0 amide bonds. The standard InChI is InChI=1S/C24H35F5N6/c1-14-9-18-17(4-6-19-21(18)23(26)33-32-19)22(35(14)13-24(27,28)29)20-5-3-15(10-30-20)31-16-11-34(12-16)8-2-7-25/h3,5,10,14,16-19,21-23,31-33H,2,4,6-9,11-13H2,1H3/t14-,17?,18?,19?,21?,22+,23?/m1/s1. The van der Waals surface area contributed by atoms with E-state index >= 15 is 0 Å². The lowest BCUT2D eigenvalue weighted by molar-refractivity contribution is -0.174. The van der Waals surface area contributed by atoms with Crippen molar-refractivity contribution in [3.63, 3.8) is 0 Å². The van der Waals surface area contributed by atoms with Crippen LogP contribution in [0.4, 0.5) is 27.6 Å². The Balaban J connectivity index is 1.33. The third kappa shape index (κ3) is 5.28. The molecular weight excluding hydrogens is 467 g/mol. The maximum Gasteiger partial charge on any atom is 0.401 e. The predicted molar refractivity (Wildman–Crippen MR) is 123 cm³/mol. The minimum atomic E-state index is -4.32. The van der Waals surface area contributed by atoms with Crippen molar-refractivity contribution in [3.05, 3.63) is 24.0 Å². The molecule has 3 aliphatic heterocycles. The molecule has 1 aromatic rings. The van der Waals surface area contributed by atoms with Crippen LogP contribution >= 0.6 is 0 Å². The van der Waals surface area contributed by atoms with Crippen LogP contribution in [-0.2, 0) is 0 Å². The van der Waals surface area contributed by atoms with Crippen molar-refractivity contribution in [3.8, 4) is 0 Å². The van der Waals surface area contributed by atoms with Gasteiger partial charge < -0.3 is 5.32 Å². The molecule has 11 heteroatoms. The second kappa shape index (κ2) is 10.1. The van der Waals surface area contributed by atoms with Crippen LogP contribution in [0.2, 0.25) is 0 Å². The average molecular weight is 503 g/mol. The Kier molecular flexibility index (Phi) is 7.22. The van der Waals surface area contributed by atoms with Gasteiger partial charge in [-0.3, -0.25) is 24.6 Å². The first-order chi connectivity index (χ1) is 16.7. The molecule has 0 spiro atoms. The fraction of sp³-hybridized carbons (Fsp3) is 0.792. The molecule has 0 aromatic carbocycles. The summed E-state index contributed by atoms with van der Waals surface area (Å²) in [5.41, 5.74) is 7.20. The van der Waals surface area contributed by atoms with Gasteiger partial charge in [-0.05, 0) is 56.6 Å². The summed E-state index contributed by atoms with van der Waals surface area (Å²) in [7, 11) is 0. The predicted octanol–water partition coefficient (Wildman–Crippen LogP) is 3.65. The van der Waals surface area contributed by atoms with E-state index < -0.39 is 25.1 Å². The summed E-state index contributed by atoms with van der Waals surface area (Å²) in [4.78, 5) is 8.35. The molecule has 5 rings (SSSR count). The van der Waals surface area contributed by atoms with E-state index in [0.717, 1.165) is 38.2 Å². The Morgan fingerprint density at radius 2 is 1.94 bits per heavy atom. The first-order valence-corrected chi connectivity index (χ1v) is 12.7. The van der Waals surface area contributed by atoms with Crippen LogP contribution in [0.15, 0.2) is 18.3 Å². The molecule has 5 unspecified atom stereocenters. The Hall–Kier alpha value is -1.56. The Bertz CT molecular complexity index is 848. The summed E-state index contributed by atoms with van der Waals surface area (Å²) < 4.78 is 67.9. The van der Waals surface area contributed by atoms with Gasteiger partial charge in [0.25, 0.3) is 0 Å². The summed E-state index contributed by atoms with van der Waals surface area (Å²) in [6, 6.07) is 3.14. The number of hydrazine groups is 1. The molecule has 4 heterocycles. The van der Waals surface area contributed by atoms with Crippen LogP contribution in [0.5, 0.6) is 0 Å². The van der Waals surface area contributed by atoms with Gasteiger partial charge in [-0.25, -0.2) is 9.82 Å². The number of likely N-dealkylation sites (tertiary alicyclic amines) is 2. The number of hydrogen-bond donors (Lipinski definition) is 3. The van der Waals surface area contributed by atoms with Gasteiger partial charge >= 0.3 is 6.18 Å². The molecule has 35 heavy (non-hydrogen) atoms. The largest absolute Gasteiger partial charge is 0.401 e. The van der Waals surface area contributed by atoms with E-state index in [0.29, 0.717) is 18.5 Å². The smallest absolute Gasteiger partial charge is 0.378 e. The molecule has 196 valence electrons. The number of hydrogen-bond acceptors (Lipinski definition) is 6. The van der Waals surface area contributed by atoms with Crippen LogP contribution in [0, 0.1) is 17.8 Å². The number of nitrogens with zero attached hydrogens (tertiary/aromatic N) is 3. The van der Waals surface area contributed by atoms with E-state index in [1.54, 1.807) is 6.20 Å². The SMILES string of the molecule is C[C@@H]1CC2C3C(F)NNC3CCC2[C@@H](c2ccc(NC3CN(CCCF)C3)cn2)N1CC(F)(F)F. The van der Waals surface area contributed by atoms with Crippen LogP contribution in [0.3, 0.4) is 0 Å². The Morgan fingerprint density at radius 3 is 2.63 bits per heavy atom. The first kappa shape index (κ1) is 25.1.